The Morgan fingerprint density at radius 2 is 2.15 bits per heavy atom. The molecule has 0 radical (unpaired) electrons. The van der Waals surface area contributed by atoms with Crippen LogP contribution < -0.4 is 10.6 Å². The van der Waals surface area contributed by atoms with E-state index in [-0.39, 0.29) is 5.91 Å². The van der Waals surface area contributed by atoms with Crippen LogP contribution in [0.5, 0.6) is 0 Å². The number of nitrogens with zero attached hydrogens (tertiary/aromatic N) is 1. The molecule has 0 saturated carbocycles. The van der Waals surface area contributed by atoms with Crippen LogP contribution in [0.2, 0.25) is 0 Å². The van der Waals surface area contributed by atoms with Crippen molar-refractivity contribution >= 4 is 33.2 Å². The van der Waals surface area contributed by atoms with Crippen LogP contribution >= 0.6 is 15.9 Å². The molecule has 1 aromatic heterocycles. The molecule has 0 aliphatic carbocycles. The summed E-state index contributed by atoms with van der Waals surface area (Å²) >= 11 is 3.42. The van der Waals surface area contributed by atoms with Gasteiger partial charge in [0.2, 0.25) is 5.91 Å². The van der Waals surface area contributed by atoms with Crippen molar-refractivity contribution in [2.45, 2.75) is 13.3 Å². The fourth-order valence-corrected chi connectivity index (χ4v) is 2.21. The Kier molecular flexibility index (Phi) is 5.12. The van der Waals surface area contributed by atoms with Crippen molar-refractivity contribution in [2.75, 3.05) is 17.2 Å². The lowest BCUT2D eigenvalue weighted by atomic mass is 10.2. The van der Waals surface area contributed by atoms with E-state index in [0.717, 1.165) is 28.0 Å². The Morgan fingerprint density at radius 1 is 1.30 bits per heavy atom. The Morgan fingerprint density at radius 3 is 2.85 bits per heavy atom. The number of hydrogen-bond acceptors (Lipinski definition) is 3. The summed E-state index contributed by atoms with van der Waals surface area (Å²) in [5.74, 6) is -0.0600. The van der Waals surface area contributed by atoms with E-state index in [1.54, 1.807) is 12.4 Å². The zero-order chi connectivity index (χ0) is 14.4. The topological polar surface area (TPSA) is 54.0 Å². The van der Waals surface area contributed by atoms with Crippen molar-refractivity contribution < 1.29 is 4.79 Å². The van der Waals surface area contributed by atoms with E-state index < -0.39 is 0 Å². The number of rotatable bonds is 5. The van der Waals surface area contributed by atoms with Crippen molar-refractivity contribution in [3.05, 3.63) is 52.8 Å². The third kappa shape index (κ3) is 4.06. The Hall–Kier alpha value is -1.88. The Bertz CT molecular complexity index is 587. The average molecular weight is 334 g/mol. The molecule has 0 saturated heterocycles. The zero-order valence-corrected chi connectivity index (χ0v) is 12.8. The predicted molar refractivity (Wildman–Crippen MR) is 84.9 cm³/mol. The van der Waals surface area contributed by atoms with E-state index in [9.17, 15) is 4.79 Å². The first-order valence-corrected chi connectivity index (χ1v) is 7.20. The first-order chi connectivity index (χ1) is 9.69. The maximum Gasteiger partial charge on any atom is 0.228 e. The van der Waals surface area contributed by atoms with Crippen molar-refractivity contribution in [1.82, 2.24) is 4.98 Å². The Balaban J connectivity index is 2.09. The fourth-order valence-electron chi connectivity index (χ4n) is 1.85. The van der Waals surface area contributed by atoms with E-state index in [2.05, 4.69) is 31.5 Å². The molecular formula is C15H16BrN3O. The minimum absolute atomic E-state index is 0.0600. The van der Waals surface area contributed by atoms with E-state index in [4.69, 9.17) is 0 Å². The van der Waals surface area contributed by atoms with E-state index in [1.165, 1.54) is 0 Å². The molecule has 1 amide bonds. The third-order valence-electron chi connectivity index (χ3n) is 2.71. The molecule has 0 unspecified atom stereocenters. The standard InChI is InChI=1S/C15H16BrN3O/c1-2-18-13-6-5-12(16)9-14(13)19-15(20)8-11-4-3-7-17-10-11/h3-7,9-10,18H,2,8H2,1H3,(H,19,20). The summed E-state index contributed by atoms with van der Waals surface area (Å²) in [4.78, 5) is 16.1. The number of anilines is 2. The summed E-state index contributed by atoms with van der Waals surface area (Å²) in [5.41, 5.74) is 2.58. The number of halogens is 1. The van der Waals surface area contributed by atoms with E-state index >= 15 is 0 Å². The number of carbonyl (C=O) groups is 1. The van der Waals surface area contributed by atoms with Crippen LogP contribution in [0, 0.1) is 0 Å². The molecule has 2 aromatic rings. The third-order valence-corrected chi connectivity index (χ3v) is 3.20. The summed E-state index contributed by atoms with van der Waals surface area (Å²) in [6.07, 6.45) is 3.70. The molecule has 0 aliphatic rings. The summed E-state index contributed by atoms with van der Waals surface area (Å²) in [5, 5.41) is 6.15. The highest BCUT2D eigenvalue weighted by molar-refractivity contribution is 9.10. The average Bonchev–Trinajstić information content (AvgIpc) is 2.43. The predicted octanol–water partition coefficient (Wildman–Crippen LogP) is 3.46. The molecule has 2 N–H and O–H groups in total. The lowest BCUT2D eigenvalue weighted by Crippen LogP contribution is -2.16. The maximum absolute atomic E-state index is 12.1. The van der Waals surface area contributed by atoms with Crippen LogP contribution in [0.1, 0.15) is 12.5 Å². The number of amides is 1. The van der Waals surface area contributed by atoms with Crippen molar-refractivity contribution in [3.8, 4) is 0 Å². The van der Waals surface area contributed by atoms with Gasteiger partial charge in [-0.05, 0) is 36.8 Å². The van der Waals surface area contributed by atoms with Gasteiger partial charge in [-0.2, -0.15) is 0 Å². The molecule has 2 rings (SSSR count). The second-order valence-electron chi connectivity index (χ2n) is 4.31. The van der Waals surface area contributed by atoms with Crippen LogP contribution in [0.25, 0.3) is 0 Å². The summed E-state index contributed by atoms with van der Waals surface area (Å²) in [6.45, 7) is 2.82. The second-order valence-corrected chi connectivity index (χ2v) is 5.22. The highest BCUT2D eigenvalue weighted by Gasteiger charge is 2.08. The SMILES string of the molecule is CCNc1ccc(Br)cc1NC(=O)Cc1cccnc1. The second kappa shape index (κ2) is 7.05. The van der Waals surface area contributed by atoms with Gasteiger partial charge < -0.3 is 10.6 Å². The molecule has 1 aromatic carbocycles. The number of pyridine rings is 1. The fraction of sp³-hybridized carbons (Fsp3) is 0.200. The summed E-state index contributed by atoms with van der Waals surface area (Å²) in [7, 11) is 0. The zero-order valence-electron chi connectivity index (χ0n) is 11.2. The number of nitrogens with one attached hydrogen (secondary N) is 2. The van der Waals surface area contributed by atoms with Crippen LogP contribution in [0.3, 0.4) is 0 Å². The van der Waals surface area contributed by atoms with Gasteiger partial charge in [0.1, 0.15) is 0 Å². The van der Waals surface area contributed by atoms with Gasteiger partial charge in [-0.15, -0.1) is 0 Å². The van der Waals surface area contributed by atoms with Gasteiger partial charge in [0.05, 0.1) is 17.8 Å². The van der Waals surface area contributed by atoms with Crippen LogP contribution in [-0.2, 0) is 11.2 Å². The largest absolute Gasteiger partial charge is 0.384 e. The molecule has 0 aliphatic heterocycles. The minimum Gasteiger partial charge on any atom is -0.384 e. The first kappa shape index (κ1) is 14.5. The quantitative estimate of drug-likeness (QED) is 0.880. The van der Waals surface area contributed by atoms with Crippen LogP contribution in [0.15, 0.2) is 47.2 Å². The van der Waals surface area contributed by atoms with Crippen molar-refractivity contribution in [2.24, 2.45) is 0 Å². The molecule has 0 spiro atoms. The molecule has 0 bridgehead atoms. The molecule has 5 heteroatoms. The monoisotopic (exact) mass is 333 g/mol. The van der Waals surface area contributed by atoms with Crippen LogP contribution in [-0.4, -0.2) is 17.4 Å². The molecule has 1 heterocycles. The smallest absolute Gasteiger partial charge is 0.228 e. The molecule has 0 atom stereocenters. The number of aromatic nitrogens is 1. The number of carbonyl (C=O) groups excluding carboxylic acids is 1. The van der Waals surface area contributed by atoms with Gasteiger partial charge in [0, 0.05) is 23.4 Å². The first-order valence-electron chi connectivity index (χ1n) is 6.41. The van der Waals surface area contributed by atoms with E-state index in [1.807, 2.05) is 37.3 Å². The van der Waals surface area contributed by atoms with Crippen molar-refractivity contribution in [1.29, 1.82) is 0 Å². The molecule has 4 nitrogen and oxygen atoms in total. The van der Waals surface area contributed by atoms with Crippen LogP contribution in [0.4, 0.5) is 11.4 Å². The van der Waals surface area contributed by atoms with Gasteiger partial charge in [-0.3, -0.25) is 9.78 Å². The van der Waals surface area contributed by atoms with Gasteiger partial charge >= 0.3 is 0 Å². The molecule has 20 heavy (non-hydrogen) atoms. The summed E-state index contributed by atoms with van der Waals surface area (Å²) in [6, 6.07) is 9.48. The van der Waals surface area contributed by atoms with Gasteiger partial charge in [0.25, 0.3) is 0 Å². The van der Waals surface area contributed by atoms with E-state index in [0.29, 0.717) is 6.42 Å². The lowest BCUT2D eigenvalue weighted by molar-refractivity contribution is -0.115. The Labute approximate surface area is 126 Å². The maximum atomic E-state index is 12.1. The number of hydrogen-bond donors (Lipinski definition) is 2. The normalized spacial score (nSPS) is 10.1. The molecule has 104 valence electrons. The van der Waals surface area contributed by atoms with Gasteiger partial charge in [-0.1, -0.05) is 22.0 Å². The summed E-state index contributed by atoms with van der Waals surface area (Å²) < 4.78 is 0.927. The minimum atomic E-state index is -0.0600. The highest BCUT2D eigenvalue weighted by atomic mass is 79.9. The lowest BCUT2D eigenvalue weighted by Gasteiger charge is -2.12. The molecule has 0 fully saturated rings. The van der Waals surface area contributed by atoms with Crippen molar-refractivity contribution in [3.63, 3.8) is 0 Å². The highest BCUT2D eigenvalue weighted by Crippen LogP contribution is 2.26. The van der Waals surface area contributed by atoms with Gasteiger partial charge in [0.15, 0.2) is 0 Å². The number of benzene rings is 1. The van der Waals surface area contributed by atoms with Gasteiger partial charge in [-0.25, -0.2) is 0 Å². The molecular weight excluding hydrogens is 318 g/mol.